The largest absolute Gasteiger partial charge is 0.409 e. The number of aromatic nitrogens is 2. The predicted molar refractivity (Wildman–Crippen MR) is 79.5 cm³/mol. The zero-order valence-corrected chi connectivity index (χ0v) is 12.1. The lowest BCUT2D eigenvalue weighted by Crippen LogP contribution is -2.18. The van der Waals surface area contributed by atoms with Gasteiger partial charge in [-0.1, -0.05) is 5.16 Å². The highest BCUT2D eigenvalue weighted by molar-refractivity contribution is 9.10. The van der Waals surface area contributed by atoms with Crippen molar-refractivity contribution >= 4 is 33.4 Å². The van der Waals surface area contributed by atoms with Crippen LogP contribution < -0.4 is 16.6 Å². The number of carbonyl (C=O) groups is 1. The van der Waals surface area contributed by atoms with Crippen molar-refractivity contribution in [1.82, 2.24) is 10.2 Å². The topological polar surface area (TPSA) is 133 Å². The van der Waals surface area contributed by atoms with Gasteiger partial charge in [-0.15, -0.1) is 0 Å². The Balaban J connectivity index is 2.22. The highest BCUT2D eigenvalue weighted by Gasteiger charge is 2.11. The Labute approximate surface area is 126 Å². The highest BCUT2D eigenvalue weighted by Crippen LogP contribution is 2.24. The van der Waals surface area contributed by atoms with E-state index >= 15 is 0 Å². The molecule has 1 aromatic carbocycles. The van der Waals surface area contributed by atoms with Crippen molar-refractivity contribution in [3.8, 4) is 0 Å². The number of amides is 1. The molecule has 0 bridgehead atoms. The molecule has 1 amide bonds. The lowest BCUT2D eigenvalue weighted by atomic mass is 10.2. The first-order valence-corrected chi connectivity index (χ1v) is 6.45. The minimum atomic E-state index is -0.483. The maximum atomic E-state index is 11.9. The van der Waals surface area contributed by atoms with Gasteiger partial charge in [0.1, 0.15) is 5.69 Å². The van der Waals surface area contributed by atoms with Crippen molar-refractivity contribution in [3.05, 3.63) is 56.4 Å². The molecule has 0 aliphatic carbocycles. The monoisotopic (exact) mass is 351 g/mol. The third kappa shape index (κ3) is 3.45. The Kier molecular flexibility index (Phi) is 4.33. The Bertz CT molecular complexity index is 751. The summed E-state index contributed by atoms with van der Waals surface area (Å²) >= 11 is 3.27. The number of nitrogens with one attached hydrogen (secondary N) is 2. The second-order valence-electron chi connectivity index (χ2n) is 3.94. The molecule has 5 N–H and O–H groups in total. The fourth-order valence-corrected chi connectivity index (χ4v) is 1.97. The van der Waals surface area contributed by atoms with Gasteiger partial charge >= 0.3 is 0 Å². The van der Waals surface area contributed by atoms with Gasteiger partial charge in [-0.3, -0.25) is 9.59 Å². The van der Waals surface area contributed by atoms with E-state index in [2.05, 4.69) is 36.6 Å². The first-order chi connectivity index (χ1) is 10.0. The number of hydrogen-bond acceptors (Lipinski definition) is 5. The van der Waals surface area contributed by atoms with Gasteiger partial charge in [0.25, 0.3) is 11.5 Å². The van der Waals surface area contributed by atoms with Crippen LogP contribution in [0.4, 0.5) is 5.69 Å². The van der Waals surface area contributed by atoms with Crippen LogP contribution in [0.3, 0.4) is 0 Å². The summed E-state index contributed by atoms with van der Waals surface area (Å²) in [4.78, 5) is 22.8. The van der Waals surface area contributed by atoms with Crippen molar-refractivity contribution in [2.24, 2.45) is 10.9 Å². The number of oxime groups is 1. The lowest BCUT2D eigenvalue weighted by molar-refractivity contribution is 0.102. The molecule has 2 aromatic rings. The van der Waals surface area contributed by atoms with Crippen molar-refractivity contribution in [2.75, 3.05) is 5.32 Å². The molecule has 1 aromatic heterocycles. The van der Waals surface area contributed by atoms with E-state index in [1.807, 2.05) is 0 Å². The van der Waals surface area contributed by atoms with E-state index in [-0.39, 0.29) is 11.5 Å². The zero-order valence-electron chi connectivity index (χ0n) is 10.5. The van der Waals surface area contributed by atoms with Gasteiger partial charge in [-0.25, -0.2) is 5.10 Å². The van der Waals surface area contributed by atoms with E-state index in [0.717, 1.165) is 0 Å². The summed E-state index contributed by atoms with van der Waals surface area (Å²) < 4.78 is 0.546. The molecule has 0 unspecified atom stereocenters. The summed E-state index contributed by atoms with van der Waals surface area (Å²) in [6.07, 6.45) is 0. The summed E-state index contributed by atoms with van der Waals surface area (Å²) in [7, 11) is 0. The second kappa shape index (κ2) is 6.18. The molecule has 0 radical (unpaired) electrons. The van der Waals surface area contributed by atoms with E-state index in [0.29, 0.717) is 15.7 Å². The molecule has 0 aliphatic heterocycles. The standard InChI is InChI=1S/C12H10BrN5O3/c13-7-5-6(11(14)18-21)1-2-8(7)15-12(20)9-3-4-10(19)17-16-9/h1-5,21H,(H2,14,18)(H,15,20)(H,17,19). The number of halogens is 1. The zero-order chi connectivity index (χ0) is 15.4. The van der Waals surface area contributed by atoms with Crippen molar-refractivity contribution < 1.29 is 10.0 Å². The molecule has 0 atom stereocenters. The molecule has 21 heavy (non-hydrogen) atoms. The number of H-pyrrole nitrogens is 1. The average molecular weight is 352 g/mol. The van der Waals surface area contributed by atoms with Gasteiger partial charge in [-0.05, 0) is 40.2 Å². The lowest BCUT2D eigenvalue weighted by Gasteiger charge is -2.08. The van der Waals surface area contributed by atoms with Crippen LogP contribution in [0.2, 0.25) is 0 Å². The van der Waals surface area contributed by atoms with Crippen LogP contribution >= 0.6 is 15.9 Å². The molecular weight excluding hydrogens is 342 g/mol. The summed E-state index contributed by atoms with van der Waals surface area (Å²) in [5.74, 6) is -0.528. The number of nitrogens with zero attached hydrogens (tertiary/aromatic N) is 2. The molecule has 9 heteroatoms. The molecule has 2 rings (SSSR count). The van der Waals surface area contributed by atoms with E-state index in [1.165, 1.54) is 12.1 Å². The van der Waals surface area contributed by atoms with Crippen LogP contribution in [-0.2, 0) is 0 Å². The summed E-state index contributed by atoms with van der Waals surface area (Å²) in [6.45, 7) is 0. The van der Waals surface area contributed by atoms with E-state index in [4.69, 9.17) is 10.9 Å². The first kappa shape index (κ1) is 14.7. The number of amidine groups is 1. The Morgan fingerprint density at radius 3 is 2.71 bits per heavy atom. The average Bonchev–Trinajstić information content (AvgIpc) is 2.49. The van der Waals surface area contributed by atoms with Crippen LogP contribution in [0.1, 0.15) is 16.1 Å². The first-order valence-electron chi connectivity index (χ1n) is 5.66. The normalized spacial score (nSPS) is 11.2. The van der Waals surface area contributed by atoms with Gasteiger partial charge in [0.05, 0.1) is 5.69 Å². The summed E-state index contributed by atoms with van der Waals surface area (Å²) in [6, 6.07) is 7.27. The predicted octanol–water partition coefficient (Wildman–Crippen LogP) is 0.879. The third-order valence-electron chi connectivity index (χ3n) is 2.53. The van der Waals surface area contributed by atoms with Crippen molar-refractivity contribution in [3.63, 3.8) is 0 Å². The van der Waals surface area contributed by atoms with Crippen LogP contribution in [0.15, 0.2) is 44.8 Å². The number of benzene rings is 1. The maximum absolute atomic E-state index is 11.9. The molecule has 0 fully saturated rings. The van der Waals surface area contributed by atoms with E-state index < -0.39 is 11.5 Å². The van der Waals surface area contributed by atoms with Crippen molar-refractivity contribution in [1.29, 1.82) is 0 Å². The molecule has 1 heterocycles. The van der Waals surface area contributed by atoms with Gasteiger partial charge in [0.2, 0.25) is 0 Å². The van der Waals surface area contributed by atoms with Crippen LogP contribution in [0.5, 0.6) is 0 Å². The summed E-state index contributed by atoms with van der Waals surface area (Å²) in [5, 5.41) is 19.9. The van der Waals surface area contributed by atoms with Crippen LogP contribution in [0.25, 0.3) is 0 Å². The third-order valence-corrected chi connectivity index (χ3v) is 3.19. The molecule has 8 nitrogen and oxygen atoms in total. The van der Waals surface area contributed by atoms with Crippen LogP contribution in [-0.4, -0.2) is 27.1 Å². The number of carbonyl (C=O) groups excluding carboxylic acids is 1. The van der Waals surface area contributed by atoms with E-state index in [9.17, 15) is 9.59 Å². The number of hydrogen-bond donors (Lipinski definition) is 4. The highest BCUT2D eigenvalue weighted by atomic mass is 79.9. The Morgan fingerprint density at radius 1 is 1.38 bits per heavy atom. The molecule has 0 aliphatic rings. The molecule has 0 saturated carbocycles. The van der Waals surface area contributed by atoms with Gasteiger partial charge in [-0.2, -0.15) is 5.10 Å². The Morgan fingerprint density at radius 2 is 2.14 bits per heavy atom. The van der Waals surface area contributed by atoms with Gasteiger partial charge in [0.15, 0.2) is 5.84 Å². The maximum Gasteiger partial charge on any atom is 0.276 e. The fourth-order valence-electron chi connectivity index (χ4n) is 1.49. The number of rotatable bonds is 3. The molecule has 108 valence electrons. The minimum absolute atomic E-state index is 0.0455. The fraction of sp³-hybridized carbons (Fsp3) is 0. The number of aromatic amines is 1. The van der Waals surface area contributed by atoms with Crippen LogP contribution in [0, 0.1) is 0 Å². The number of nitrogens with two attached hydrogens (primary N) is 1. The molecular formula is C12H10BrN5O3. The second-order valence-corrected chi connectivity index (χ2v) is 4.79. The smallest absolute Gasteiger partial charge is 0.276 e. The SMILES string of the molecule is N/C(=N/O)c1ccc(NC(=O)c2ccc(=O)[nH]n2)c(Br)c1. The molecule has 0 spiro atoms. The van der Waals surface area contributed by atoms with E-state index in [1.54, 1.807) is 18.2 Å². The molecule has 0 saturated heterocycles. The van der Waals surface area contributed by atoms with Gasteiger partial charge in [0, 0.05) is 16.1 Å². The van der Waals surface area contributed by atoms with Crippen molar-refractivity contribution in [2.45, 2.75) is 0 Å². The summed E-state index contributed by atoms with van der Waals surface area (Å²) in [5.41, 5.74) is 6.11. The van der Waals surface area contributed by atoms with Gasteiger partial charge < -0.3 is 16.3 Å². The quantitative estimate of drug-likeness (QED) is 0.282. The minimum Gasteiger partial charge on any atom is -0.409 e. The number of anilines is 1. The Hall–Kier alpha value is -2.68.